The van der Waals surface area contributed by atoms with Crippen molar-refractivity contribution >= 4 is 34.1 Å². The summed E-state index contributed by atoms with van der Waals surface area (Å²) in [6, 6.07) is 16.3. The average Bonchev–Trinajstić information content (AvgIpc) is 3.86. The molecule has 9 nitrogen and oxygen atoms in total. The third kappa shape index (κ3) is 7.49. The van der Waals surface area contributed by atoms with E-state index >= 15 is 4.39 Å². The molecule has 0 atom stereocenters. The first-order valence-electron chi connectivity index (χ1n) is 14.9. The van der Waals surface area contributed by atoms with Gasteiger partial charge in [0.1, 0.15) is 11.2 Å². The fraction of sp³-hybridized carbons (Fsp3) is 0.324. The number of ether oxygens (including phenoxy) is 3. The van der Waals surface area contributed by atoms with Crippen LogP contribution >= 0.6 is 0 Å². The standard InChI is InChI=1S/C34H36F2N4O5/c1-4-40(5-2)17-6-18-44-30-19-22-7-14-31(39-27(22)21-29(30)43-3)45-28-13-12-25(20-26(28)36)38-33(42)34(15-16-34)32(41)37-24-10-8-23(35)9-11-24/h7-14,19-21H,4-6,15-18H2,1-3H3,(H,37,41)(H,38,42). The van der Waals surface area contributed by atoms with Gasteiger partial charge >= 0.3 is 0 Å². The molecule has 0 unspecified atom stereocenters. The van der Waals surface area contributed by atoms with Crippen LogP contribution in [0.2, 0.25) is 0 Å². The molecule has 45 heavy (non-hydrogen) atoms. The molecule has 1 heterocycles. The van der Waals surface area contributed by atoms with E-state index in [-0.39, 0.29) is 17.3 Å². The number of benzene rings is 3. The van der Waals surface area contributed by atoms with Gasteiger partial charge in [0.2, 0.25) is 17.7 Å². The van der Waals surface area contributed by atoms with Crippen LogP contribution in [0.3, 0.4) is 0 Å². The highest BCUT2D eigenvalue weighted by Gasteiger charge is 2.56. The van der Waals surface area contributed by atoms with Crippen LogP contribution < -0.4 is 24.8 Å². The minimum absolute atomic E-state index is 0.0878. The summed E-state index contributed by atoms with van der Waals surface area (Å²) in [7, 11) is 1.56. The largest absolute Gasteiger partial charge is 0.493 e. The Labute approximate surface area is 260 Å². The third-order valence-corrected chi connectivity index (χ3v) is 7.85. The van der Waals surface area contributed by atoms with Gasteiger partial charge < -0.3 is 29.7 Å². The summed E-state index contributed by atoms with van der Waals surface area (Å²) in [5.41, 5.74) is -0.139. The third-order valence-electron chi connectivity index (χ3n) is 7.85. The number of halogens is 2. The maximum absolute atomic E-state index is 15.1. The minimum atomic E-state index is -1.27. The van der Waals surface area contributed by atoms with E-state index in [0.717, 1.165) is 37.5 Å². The molecular weight excluding hydrogens is 582 g/mol. The smallest absolute Gasteiger partial charge is 0.240 e. The predicted octanol–water partition coefficient (Wildman–Crippen LogP) is 6.78. The minimum Gasteiger partial charge on any atom is -0.493 e. The normalized spacial score (nSPS) is 13.4. The van der Waals surface area contributed by atoms with E-state index in [4.69, 9.17) is 14.2 Å². The maximum atomic E-state index is 15.1. The monoisotopic (exact) mass is 618 g/mol. The molecule has 5 rings (SSSR count). The van der Waals surface area contributed by atoms with E-state index in [1.807, 2.05) is 6.07 Å². The van der Waals surface area contributed by atoms with Crippen LogP contribution in [0.15, 0.2) is 66.7 Å². The Morgan fingerprint density at radius 2 is 1.56 bits per heavy atom. The number of carbonyl (C=O) groups is 2. The number of hydrogen-bond acceptors (Lipinski definition) is 7. The van der Waals surface area contributed by atoms with Gasteiger partial charge in [-0.05, 0) is 80.9 Å². The van der Waals surface area contributed by atoms with Crippen LogP contribution in [0.1, 0.15) is 33.1 Å². The lowest BCUT2D eigenvalue weighted by Crippen LogP contribution is -2.35. The lowest BCUT2D eigenvalue weighted by molar-refractivity contribution is -0.131. The van der Waals surface area contributed by atoms with E-state index in [1.54, 1.807) is 25.3 Å². The zero-order valence-electron chi connectivity index (χ0n) is 25.5. The molecular formula is C34H36F2N4O5. The van der Waals surface area contributed by atoms with Gasteiger partial charge in [0.25, 0.3) is 0 Å². The Balaban J connectivity index is 1.21. The molecule has 2 N–H and O–H groups in total. The van der Waals surface area contributed by atoms with Crippen LogP contribution in [-0.4, -0.2) is 55.0 Å². The summed E-state index contributed by atoms with van der Waals surface area (Å²) in [6.45, 7) is 7.77. The molecule has 3 aromatic carbocycles. The molecule has 0 aliphatic heterocycles. The zero-order chi connectivity index (χ0) is 32.0. The van der Waals surface area contributed by atoms with Crippen molar-refractivity contribution in [3.63, 3.8) is 0 Å². The molecule has 0 radical (unpaired) electrons. The van der Waals surface area contributed by atoms with Gasteiger partial charge in [-0.25, -0.2) is 13.8 Å². The van der Waals surface area contributed by atoms with Crippen molar-refractivity contribution in [3.8, 4) is 23.1 Å². The summed E-state index contributed by atoms with van der Waals surface area (Å²) in [5, 5.41) is 6.07. The molecule has 1 saturated carbocycles. The molecule has 0 spiro atoms. The number of anilines is 2. The Morgan fingerprint density at radius 1 is 0.867 bits per heavy atom. The first-order chi connectivity index (χ1) is 21.7. The average molecular weight is 619 g/mol. The van der Waals surface area contributed by atoms with Crippen molar-refractivity contribution in [3.05, 3.63) is 78.4 Å². The van der Waals surface area contributed by atoms with Crippen molar-refractivity contribution in [2.24, 2.45) is 5.41 Å². The Hall–Kier alpha value is -4.77. The van der Waals surface area contributed by atoms with Crippen LogP contribution in [0.4, 0.5) is 20.2 Å². The Bertz CT molecular complexity index is 1670. The fourth-order valence-corrected chi connectivity index (χ4v) is 4.94. The zero-order valence-corrected chi connectivity index (χ0v) is 25.5. The molecule has 1 aliphatic rings. The van der Waals surface area contributed by atoms with Gasteiger partial charge in [0.05, 0.1) is 19.2 Å². The van der Waals surface area contributed by atoms with Crippen LogP contribution in [0, 0.1) is 17.0 Å². The molecule has 1 aromatic heterocycles. The summed E-state index contributed by atoms with van der Waals surface area (Å²) in [4.78, 5) is 32.6. The van der Waals surface area contributed by atoms with Gasteiger partial charge in [0.15, 0.2) is 23.1 Å². The van der Waals surface area contributed by atoms with Gasteiger partial charge in [-0.3, -0.25) is 9.59 Å². The number of methoxy groups -OCH3 is 1. The number of hydrogen-bond donors (Lipinski definition) is 2. The maximum Gasteiger partial charge on any atom is 0.240 e. The second kappa shape index (κ2) is 13.9. The molecule has 4 aromatic rings. The van der Waals surface area contributed by atoms with E-state index in [9.17, 15) is 14.0 Å². The van der Waals surface area contributed by atoms with Crippen LogP contribution in [-0.2, 0) is 9.59 Å². The second-order valence-corrected chi connectivity index (χ2v) is 10.8. The first-order valence-corrected chi connectivity index (χ1v) is 14.9. The number of nitrogens with zero attached hydrogens (tertiary/aromatic N) is 2. The molecule has 236 valence electrons. The first kappa shape index (κ1) is 31.6. The van der Waals surface area contributed by atoms with Gasteiger partial charge in [-0.15, -0.1) is 0 Å². The summed E-state index contributed by atoms with van der Waals surface area (Å²) < 4.78 is 45.5. The fourth-order valence-electron chi connectivity index (χ4n) is 4.94. The van der Waals surface area contributed by atoms with E-state index in [0.29, 0.717) is 42.2 Å². The molecule has 11 heteroatoms. The van der Waals surface area contributed by atoms with Gasteiger partial charge in [-0.2, -0.15) is 0 Å². The number of carbonyl (C=O) groups excluding carboxylic acids is 2. The number of rotatable bonds is 14. The lowest BCUT2D eigenvalue weighted by atomic mass is 10.0. The van der Waals surface area contributed by atoms with E-state index in [2.05, 4.69) is 34.4 Å². The number of pyridine rings is 1. The molecule has 1 aliphatic carbocycles. The van der Waals surface area contributed by atoms with Crippen LogP contribution in [0.25, 0.3) is 10.9 Å². The van der Waals surface area contributed by atoms with Crippen molar-refractivity contribution in [1.82, 2.24) is 9.88 Å². The highest BCUT2D eigenvalue weighted by molar-refractivity contribution is 6.16. The van der Waals surface area contributed by atoms with Crippen LogP contribution in [0.5, 0.6) is 23.1 Å². The summed E-state index contributed by atoms with van der Waals surface area (Å²) >= 11 is 0. The topological polar surface area (TPSA) is 102 Å². The van der Waals surface area contributed by atoms with Crippen molar-refractivity contribution in [1.29, 1.82) is 0 Å². The number of fused-ring (bicyclic) bond motifs is 1. The molecule has 1 fully saturated rings. The van der Waals surface area contributed by atoms with Crippen molar-refractivity contribution in [2.75, 3.05) is 44.0 Å². The second-order valence-electron chi connectivity index (χ2n) is 10.8. The predicted molar refractivity (Wildman–Crippen MR) is 168 cm³/mol. The Kier molecular flexibility index (Phi) is 9.77. The quantitative estimate of drug-likeness (QED) is 0.119. The van der Waals surface area contributed by atoms with Crippen molar-refractivity contribution in [2.45, 2.75) is 33.1 Å². The summed E-state index contributed by atoms with van der Waals surface area (Å²) in [6.07, 6.45) is 1.58. The van der Waals surface area contributed by atoms with E-state index in [1.165, 1.54) is 36.4 Å². The number of nitrogens with one attached hydrogen (secondary N) is 2. The lowest BCUT2D eigenvalue weighted by Gasteiger charge is -2.18. The number of aromatic nitrogens is 1. The summed E-state index contributed by atoms with van der Waals surface area (Å²) in [5.74, 6) is -0.980. The molecule has 2 amide bonds. The Morgan fingerprint density at radius 3 is 2.20 bits per heavy atom. The van der Waals surface area contributed by atoms with Crippen molar-refractivity contribution < 1.29 is 32.6 Å². The number of amides is 2. The van der Waals surface area contributed by atoms with Gasteiger partial charge in [-0.1, -0.05) is 13.8 Å². The van der Waals surface area contributed by atoms with Gasteiger partial charge in [0, 0.05) is 41.5 Å². The highest BCUT2D eigenvalue weighted by atomic mass is 19.1. The highest BCUT2D eigenvalue weighted by Crippen LogP contribution is 2.47. The van der Waals surface area contributed by atoms with E-state index < -0.39 is 28.9 Å². The SMILES string of the molecule is CCN(CC)CCCOc1cc2ccc(Oc3ccc(NC(=O)C4(C(=O)Nc5ccc(F)cc5)CC4)cc3F)nc2cc1OC. The molecule has 0 saturated heterocycles. The molecule has 0 bridgehead atoms.